The third kappa shape index (κ3) is 3.60. The minimum Gasteiger partial charge on any atom is -0.207 e. The molecule has 5 heteroatoms. The van der Waals surface area contributed by atoms with Gasteiger partial charge >= 0.3 is 0 Å². The Morgan fingerprint density at radius 3 is 2.32 bits per heavy atom. The van der Waals surface area contributed by atoms with E-state index < -0.39 is 11.6 Å². The molecule has 0 nitrogen and oxygen atoms in total. The first-order valence-electron chi connectivity index (χ1n) is 5.50. The van der Waals surface area contributed by atoms with E-state index in [0.717, 1.165) is 6.07 Å². The van der Waals surface area contributed by atoms with Crippen molar-refractivity contribution in [3.63, 3.8) is 0 Å². The Morgan fingerprint density at radius 1 is 0.947 bits per heavy atom. The van der Waals surface area contributed by atoms with E-state index in [1.165, 1.54) is 18.2 Å². The summed E-state index contributed by atoms with van der Waals surface area (Å²) in [5, 5.41) is 0. The van der Waals surface area contributed by atoms with Gasteiger partial charge < -0.3 is 0 Å². The first kappa shape index (κ1) is 14.6. The van der Waals surface area contributed by atoms with Gasteiger partial charge in [-0.3, -0.25) is 0 Å². The van der Waals surface area contributed by atoms with E-state index in [0.29, 0.717) is 22.0 Å². The molecule has 19 heavy (non-hydrogen) atoms. The second kappa shape index (κ2) is 6.09. The number of benzene rings is 2. The smallest absolute Gasteiger partial charge is 0.137 e. The van der Waals surface area contributed by atoms with E-state index in [4.69, 9.17) is 0 Å². The van der Waals surface area contributed by atoms with Gasteiger partial charge in [0.25, 0.3) is 0 Å². The lowest BCUT2D eigenvalue weighted by atomic mass is 10.0. The van der Waals surface area contributed by atoms with Crippen LogP contribution >= 0.6 is 31.9 Å². The molecular formula is C14H9Br2F3. The fraction of sp³-hybridized carbons (Fsp3) is 0.143. The van der Waals surface area contributed by atoms with E-state index in [-0.39, 0.29) is 10.6 Å². The molecule has 0 amide bonds. The van der Waals surface area contributed by atoms with Crippen LogP contribution in [0.15, 0.2) is 40.9 Å². The van der Waals surface area contributed by atoms with Crippen LogP contribution in [0.5, 0.6) is 0 Å². The molecule has 2 aromatic rings. The minimum absolute atomic E-state index is 0.241. The summed E-state index contributed by atoms with van der Waals surface area (Å²) in [5.41, 5.74) is 1.08. The van der Waals surface area contributed by atoms with Crippen molar-refractivity contribution in [2.75, 3.05) is 0 Å². The molecule has 0 heterocycles. The van der Waals surface area contributed by atoms with Crippen LogP contribution in [0, 0.1) is 17.5 Å². The molecule has 0 aromatic heterocycles. The van der Waals surface area contributed by atoms with Gasteiger partial charge in [-0.1, -0.05) is 28.1 Å². The van der Waals surface area contributed by atoms with Crippen LogP contribution in [0.4, 0.5) is 13.2 Å². The minimum atomic E-state index is -0.609. The Balaban J connectivity index is 2.20. The monoisotopic (exact) mass is 392 g/mol. The molecule has 0 aliphatic heterocycles. The lowest BCUT2D eigenvalue weighted by molar-refractivity contribution is 0.571. The zero-order chi connectivity index (χ0) is 14.0. The number of rotatable bonds is 3. The molecule has 100 valence electrons. The van der Waals surface area contributed by atoms with Crippen LogP contribution in [0.25, 0.3) is 0 Å². The van der Waals surface area contributed by atoms with Crippen molar-refractivity contribution in [2.24, 2.45) is 0 Å². The van der Waals surface area contributed by atoms with Crippen LogP contribution in [-0.2, 0) is 6.42 Å². The van der Waals surface area contributed by atoms with Crippen molar-refractivity contribution in [1.82, 2.24) is 0 Å². The normalized spacial score (nSPS) is 12.5. The van der Waals surface area contributed by atoms with Crippen molar-refractivity contribution in [3.05, 3.63) is 69.4 Å². The summed E-state index contributed by atoms with van der Waals surface area (Å²) in [7, 11) is 0. The predicted molar refractivity (Wildman–Crippen MR) is 75.8 cm³/mol. The quantitative estimate of drug-likeness (QED) is 0.600. The van der Waals surface area contributed by atoms with Gasteiger partial charge in [-0.2, -0.15) is 0 Å². The molecule has 0 fully saturated rings. The standard InChI is InChI=1S/C14H9Br2F3/c15-11-4-2-8(6-14(11)19)12(16)5-9-1-3-10(17)7-13(9)18/h1-4,6-7,12H,5H2. The molecule has 0 spiro atoms. The van der Waals surface area contributed by atoms with Gasteiger partial charge in [-0.05, 0) is 51.7 Å². The number of hydrogen-bond donors (Lipinski definition) is 0. The van der Waals surface area contributed by atoms with E-state index in [9.17, 15) is 13.2 Å². The van der Waals surface area contributed by atoms with E-state index in [2.05, 4.69) is 31.9 Å². The van der Waals surface area contributed by atoms with Crippen molar-refractivity contribution in [1.29, 1.82) is 0 Å². The summed E-state index contributed by atoms with van der Waals surface area (Å²) < 4.78 is 40.1. The zero-order valence-electron chi connectivity index (χ0n) is 9.64. The summed E-state index contributed by atoms with van der Waals surface area (Å²) in [4.78, 5) is -0.241. The Bertz CT molecular complexity index is 599. The van der Waals surface area contributed by atoms with Crippen molar-refractivity contribution in [2.45, 2.75) is 11.2 Å². The molecule has 0 radical (unpaired) electrons. The molecule has 0 saturated carbocycles. The molecule has 0 saturated heterocycles. The maximum Gasteiger partial charge on any atom is 0.137 e. The highest BCUT2D eigenvalue weighted by atomic mass is 79.9. The summed E-state index contributed by atoms with van der Waals surface area (Å²) >= 11 is 6.46. The van der Waals surface area contributed by atoms with Crippen LogP contribution < -0.4 is 0 Å². The molecule has 0 N–H and O–H groups in total. The van der Waals surface area contributed by atoms with Crippen molar-refractivity contribution >= 4 is 31.9 Å². The lowest BCUT2D eigenvalue weighted by Gasteiger charge is -2.11. The first-order chi connectivity index (χ1) is 8.97. The summed E-state index contributed by atoms with van der Waals surface area (Å²) in [6, 6.07) is 8.17. The second-order valence-electron chi connectivity index (χ2n) is 4.08. The summed E-state index contributed by atoms with van der Waals surface area (Å²) in [6.45, 7) is 0. The van der Waals surface area contributed by atoms with Gasteiger partial charge in [0.1, 0.15) is 17.5 Å². The average molecular weight is 394 g/mol. The molecule has 1 atom stereocenters. The van der Waals surface area contributed by atoms with E-state index in [1.807, 2.05) is 0 Å². The molecule has 1 unspecified atom stereocenters. The topological polar surface area (TPSA) is 0 Å². The van der Waals surface area contributed by atoms with Gasteiger partial charge in [0.05, 0.1) is 4.47 Å². The summed E-state index contributed by atoms with van der Waals surface area (Å²) in [6.07, 6.45) is 0.313. The molecule has 2 rings (SSSR count). The van der Waals surface area contributed by atoms with Gasteiger partial charge in [0.15, 0.2) is 0 Å². The van der Waals surface area contributed by atoms with Crippen molar-refractivity contribution < 1.29 is 13.2 Å². The highest BCUT2D eigenvalue weighted by molar-refractivity contribution is 9.10. The fourth-order valence-corrected chi connectivity index (χ4v) is 2.59. The third-order valence-corrected chi connectivity index (χ3v) is 4.22. The Hall–Kier alpha value is -0.810. The fourth-order valence-electron chi connectivity index (χ4n) is 1.71. The van der Waals surface area contributed by atoms with Crippen molar-refractivity contribution in [3.8, 4) is 0 Å². The first-order valence-corrected chi connectivity index (χ1v) is 7.21. The van der Waals surface area contributed by atoms with Crippen LogP contribution in [0.3, 0.4) is 0 Å². The average Bonchev–Trinajstić information content (AvgIpc) is 2.36. The molecule has 2 aromatic carbocycles. The van der Waals surface area contributed by atoms with Crippen LogP contribution in [0.2, 0.25) is 0 Å². The largest absolute Gasteiger partial charge is 0.207 e. The highest BCUT2D eigenvalue weighted by Gasteiger charge is 2.13. The molecule has 0 aliphatic rings. The second-order valence-corrected chi connectivity index (χ2v) is 6.04. The third-order valence-electron chi connectivity index (χ3n) is 2.72. The zero-order valence-corrected chi connectivity index (χ0v) is 12.8. The number of alkyl halides is 1. The predicted octanol–water partition coefficient (Wildman–Crippen LogP) is 5.55. The number of halogens is 5. The van der Waals surface area contributed by atoms with Gasteiger partial charge in [0, 0.05) is 10.9 Å². The Labute approximate surface area is 125 Å². The van der Waals surface area contributed by atoms with Gasteiger partial charge in [0.2, 0.25) is 0 Å². The van der Waals surface area contributed by atoms with E-state index >= 15 is 0 Å². The SMILES string of the molecule is Fc1ccc(CC(Br)c2ccc(Br)c(F)c2)c(F)c1. The molecule has 0 aliphatic carbocycles. The number of hydrogen-bond acceptors (Lipinski definition) is 0. The maximum absolute atomic E-state index is 13.5. The van der Waals surface area contributed by atoms with Gasteiger partial charge in [-0.25, -0.2) is 13.2 Å². The molecule has 0 bridgehead atoms. The van der Waals surface area contributed by atoms with Gasteiger partial charge in [-0.15, -0.1) is 0 Å². The molecular weight excluding hydrogens is 385 g/mol. The highest BCUT2D eigenvalue weighted by Crippen LogP contribution is 2.30. The maximum atomic E-state index is 13.5. The Morgan fingerprint density at radius 2 is 1.68 bits per heavy atom. The Kier molecular flexibility index (Phi) is 4.68. The van der Waals surface area contributed by atoms with Crippen LogP contribution in [-0.4, -0.2) is 0 Å². The summed E-state index contributed by atoms with van der Waals surface area (Å²) in [5.74, 6) is -1.58. The van der Waals surface area contributed by atoms with Crippen LogP contribution in [0.1, 0.15) is 16.0 Å². The lowest BCUT2D eigenvalue weighted by Crippen LogP contribution is -1.99. The van der Waals surface area contributed by atoms with E-state index in [1.54, 1.807) is 12.1 Å².